The van der Waals surface area contributed by atoms with Crippen LogP contribution >= 0.6 is 0 Å². The summed E-state index contributed by atoms with van der Waals surface area (Å²) < 4.78 is 12.4. The van der Waals surface area contributed by atoms with E-state index in [0.717, 1.165) is 27.7 Å². The van der Waals surface area contributed by atoms with Gasteiger partial charge in [-0.05, 0) is 53.2 Å². The fourth-order valence-corrected chi connectivity index (χ4v) is 3.97. The number of fused-ring (bicyclic) bond motifs is 1. The van der Waals surface area contributed by atoms with Gasteiger partial charge in [-0.2, -0.15) is 10.2 Å². The van der Waals surface area contributed by atoms with E-state index in [1.807, 2.05) is 48.5 Å². The lowest BCUT2D eigenvalue weighted by Crippen LogP contribution is -2.18. The Morgan fingerprint density at radius 1 is 0.861 bits per heavy atom. The van der Waals surface area contributed by atoms with Gasteiger partial charge in [-0.3, -0.25) is 4.79 Å². The van der Waals surface area contributed by atoms with E-state index in [1.165, 1.54) is 6.21 Å². The van der Waals surface area contributed by atoms with E-state index in [1.54, 1.807) is 43.2 Å². The normalized spacial score (nSPS) is 11.1. The molecule has 1 amide bonds. The van der Waals surface area contributed by atoms with Crippen LogP contribution in [0, 0.1) is 0 Å². The summed E-state index contributed by atoms with van der Waals surface area (Å²) in [6, 6.07) is 31.2. The van der Waals surface area contributed by atoms with E-state index in [-0.39, 0.29) is 5.69 Å². The number of amides is 1. The molecule has 0 fully saturated rings. The standard InChI is InChI=1S/C29H24N4O3/c1-35-25-14-15-28(36-2)23(17-25)19-30-31-29(34)26-18-27(33(32-26)24-10-4-3-5-11-24)22-13-12-20-8-6-7-9-21(20)16-22/h3-19H,1-2H3,(H,31,34)/b30-19-. The maximum atomic E-state index is 13.0. The highest BCUT2D eigenvalue weighted by Crippen LogP contribution is 2.28. The third-order valence-electron chi connectivity index (χ3n) is 5.79. The van der Waals surface area contributed by atoms with Crippen molar-refractivity contribution in [3.8, 4) is 28.4 Å². The van der Waals surface area contributed by atoms with Gasteiger partial charge in [0.25, 0.3) is 5.91 Å². The molecule has 5 rings (SSSR count). The molecule has 0 aliphatic heterocycles. The smallest absolute Gasteiger partial charge is 0.291 e. The van der Waals surface area contributed by atoms with Crippen molar-refractivity contribution in [1.82, 2.24) is 15.2 Å². The number of carbonyl (C=O) groups is 1. The number of nitrogens with zero attached hydrogens (tertiary/aromatic N) is 3. The highest BCUT2D eigenvalue weighted by molar-refractivity contribution is 5.95. The highest BCUT2D eigenvalue weighted by atomic mass is 16.5. The van der Waals surface area contributed by atoms with Gasteiger partial charge in [0.05, 0.1) is 31.8 Å². The zero-order valence-electron chi connectivity index (χ0n) is 19.9. The summed E-state index contributed by atoms with van der Waals surface area (Å²) in [5.74, 6) is 0.843. The second-order valence-corrected chi connectivity index (χ2v) is 8.03. The molecular weight excluding hydrogens is 452 g/mol. The summed E-state index contributed by atoms with van der Waals surface area (Å²) in [7, 11) is 3.16. The average molecular weight is 477 g/mol. The summed E-state index contributed by atoms with van der Waals surface area (Å²) in [4.78, 5) is 13.0. The second-order valence-electron chi connectivity index (χ2n) is 8.03. The molecule has 36 heavy (non-hydrogen) atoms. The first-order valence-corrected chi connectivity index (χ1v) is 11.4. The minimum Gasteiger partial charge on any atom is -0.497 e. The third kappa shape index (κ3) is 4.67. The van der Waals surface area contributed by atoms with Crippen molar-refractivity contribution in [2.75, 3.05) is 14.2 Å². The molecule has 0 bridgehead atoms. The molecule has 1 aromatic heterocycles. The molecule has 0 saturated heterocycles. The first-order chi connectivity index (χ1) is 17.7. The zero-order valence-corrected chi connectivity index (χ0v) is 19.9. The maximum absolute atomic E-state index is 13.0. The number of benzene rings is 4. The van der Waals surface area contributed by atoms with E-state index >= 15 is 0 Å². The van der Waals surface area contributed by atoms with Crippen LogP contribution in [0.25, 0.3) is 27.7 Å². The van der Waals surface area contributed by atoms with Crippen molar-refractivity contribution >= 4 is 22.9 Å². The first kappa shape index (κ1) is 22.9. The number of aromatic nitrogens is 2. The number of methoxy groups -OCH3 is 2. The van der Waals surface area contributed by atoms with Gasteiger partial charge in [0, 0.05) is 11.1 Å². The Labute approximate surface area is 208 Å². The molecule has 0 aliphatic rings. The molecule has 4 aromatic carbocycles. The molecule has 7 heteroatoms. The minimum absolute atomic E-state index is 0.247. The van der Waals surface area contributed by atoms with Crippen molar-refractivity contribution in [3.63, 3.8) is 0 Å². The summed E-state index contributed by atoms with van der Waals surface area (Å²) >= 11 is 0. The van der Waals surface area contributed by atoms with E-state index in [2.05, 4.69) is 39.9 Å². The lowest BCUT2D eigenvalue weighted by Gasteiger charge is -2.08. The van der Waals surface area contributed by atoms with Crippen LogP contribution in [-0.2, 0) is 0 Å². The fraction of sp³-hybridized carbons (Fsp3) is 0.0690. The summed E-state index contributed by atoms with van der Waals surface area (Å²) in [6.07, 6.45) is 1.51. The molecule has 0 spiro atoms. The number of hydrogen-bond acceptors (Lipinski definition) is 5. The Bertz CT molecular complexity index is 1560. The van der Waals surface area contributed by atoms with Crippen molar-refractivity contribution in [2.24, 2.45) is 5.10 Å². The van der Waals surface area contributed by atoms with Crippen molar-refractivity contribution in [3.05, 3.63) is 108 Å². The predicted molar refractivity (Wildman–Crippen MR) is 141 cm³/mol. The average Bonchev–Trinajstić information content (AvgIpc) is 3.39. The molecule has 1 heterocycles. The van der Waals surface area contributed by atoms with Gasteiger partial charge in [0.2, 0.25) is 0 Å². The van der Waals surface area contributed by atoms with E-state index < -0.39 is 5.91 Å². The highest BCUT2D eigenvalue weighted by Gasteiger charge is 2.17. The van der Waals surface area contributed by atoms with E-state index in [4.69, 9.17) is 9.47 Å². The lowest BCUT2D eigenvalue weighted by molar-refractivity contribution is 0.0949. The molecule has 1 N–H and O–H groups in total. The van der Waals surface area contributed by atoms with Gasteiger partial charge in [-0.25, -0.2) is 10.1 Å². The number of nitrogens with one attached hydrogen (secondary N) is 1. The van der Waals surface area contributed by atoms with Crippen LogP contribution in [0.15, 0.2) is 102 Å². The topological polar surface area (TPSA) is 77.7 Å². The molecule has 0 saturated carbocycles. The number of hydrogen-bond donors (Lipinski definition) is 1. The van der Waals surface area contributed by atoms with Crippen LogP contribution in [-0.4, -0.2) is 36.1 Å². The lowest BCUT2D eigenvalue weighted by atomic mass is 10.0. The van der Waals surface area contributed by atoms with Gasteiger partial charge in [0.1, 0.15) is 11.5 Å². The number of carbonyl (C=O) groups excluding carboxylic acids is 1. The Hall–Kier alpha value is -4.91. The molecular formula is C29H24N4O3. The summed E-state index contributed by atoms with van der Waals surface area (Å²) in [5.41, 5.74) is 6.09. The van der Waals surface area contributed by atoms with Crippen LogP contribution in [0.4, 0.5) is 0 Å². The Balaban J connectivity index is 1.47. The maximum Gasteiger partial charge on any atom is 0.291 e. The number of rotatable bonds is 7. The number of ether oxygens (including phenoxy) is 2. The molecule has 0 atom stereocenters. The van der Waals surface area contributed by atoms with Crippen LogP contribution in [0.5, 0.6) is 11.5 Å². The molecule has 0 unspecified atom stereocenters. The van der Waals surface area contributed by atoms with Crippen LogP contribution in [0.3, 0.4) is 0 Å². The van der Waals surface area contributed by atoms with E-state index in [0.29, 0.717) is 17.1 Å². The summed E-state index contributed by atoms with van der Waals surface area (Å²) in [6.45, 7) is 0. The SMILES string of the molecule is COc1ccc(OC)c(/C=N\NC(=O)c2cc(-c3ccc4ccccc4c3)n(-c3ccccc3)n2)c1. The zero-order chi connectivity index (χ0) is 24.9. The largest absolute Gasteiger partial charge is 0.497 e. The minimum atomic E-state index is -0.426. The Morgan fingerprint density at radius 2 is 1.64 bits per heavy atom. The quantitative estimate of drug-likeness (QED) is 0.249. The monoisotopic (exact) mass is 476 g/mol. The number of para-hydroxylation sites is 1. The molecule has 178 valence electrons. The van der Waals surface area contributed by atoms with Crippen LogP contribution in [0.1, 0.15) is 16.1 Å². The van der Waals surface area contributed by atoms with Crippen molar-refractivity contribution in [2.45, 2.75) is 0 Å². The first-order valence-electron chi connectivity index (χ1n) is 11.4. The predicted octanol–water partition coefficient (Wildman–Crippen LogP) is 5.47. The van der Waals surface area contributed by atoms with Gasteiger partial charge in [0.15, 0.2) is 5.69 Å². The van der Waals surface area contributed by atoms with Gasteiger partial charge in [-0.15, -0.1) is 0 Å². The molecule has 0 aliphatic carbocycles. The second kappa shape index (κ2) is 10.1. The molecule has 5 aromatic rings. The third-order valence-corrected chi connectivity index (χ3v) is 5.79. The van der Waals surface area contributed by atoms with Crippen LogP contribution < -0.4 is 14.9 Å². The molecule has 7 nitrogen and oxygen atoms in total. The molecule has 0 radical (unpaired) electrons. The Morgan fingerprint density at radius 3 is 2.42 bits per heavy atom. The van der Waals surface area contributed by atoms with Crippen molar-refractivity contribution in [1.29, 1.82) is 0 Å². The number of hydrazone groups is 1. The van der Waals surface area contributed by atoms with E-state index in [9.17, 15) is 4.79 Å². The van der Waals surface area contributed by atoms with Crippen molar-refractivity contribution < 1.29 is 14.3 Å². The fourth-order valence-electron chi connectivity index (χ4n) is 3.97. The van der Waals surface area contributed by atoms with Gasteiger partial charge < -0.3 is 9.47 Å². The van der Waals surface area contributed by atoms with Gasteiger partial charge >= 0.3 is 0 Å². The Kier molecular flexibility index (Phi) is 6.44. The summed E-state index contributed by atoms with van der Waals surface area (Å²) in [5, 5.41) is 11.0. The van der Waals surface area contributed by atoms with Gasteiger partial charge in [-0.1, -0.05) is 54.6 Å². The van der Waals surface area contributed by atoms with Crippen LogP contribution in [0.2, 0.25) is 0 Å².